The second-order valence-electron chi connectivity index (χ2n) is 4.71. The van der Waals surface area contributed by atoms with Crippen LogP contribution in [0.25, 0.3) is 0 Å². The van der Waals surface area contributed by atoms with Gasteiger partial charge in [0.05, 0.1) is 11.1 Å². The number of hydrogen-bond donors (Lipinski definition) is 3. The Kier molecular flexibility index (Phi) is 3.79. The number of nitrogens with zero attached hydrogens (tertiary/aromatic N) is 1. The molecule has 0 aromatic rings. The second kappa shape index (κ2) is 4.80. The standard InChI is InChI=1S/C12H18N2O4/c1-4-5-12(3)8(11(17)18)9(13)7(10(15)16)6(2)14-12/h8H,4-5,13H2,1-3H3,(H,15,16)(H,17,18)/t8?,12-/m0/s1. The highest BCUT2D eigenvalue weighted by Gasteiger charge is 2.45. The molecule has 6 nitrogen and oxygen atoms in total. The van der Waals surface area contributed by atoms with Crippen molar-refractivity contribution >= 4 is 17.7 Å². The summed E-state index contributed by atoms with van der Waals surface area (Å²) in [4.78, 5) is 26.7. The van der Waals surface area contributed by atoms with Crippen molar-refractivity contribution in [1.29, 1.82) is 0 Å². The van der Waals surface area contributed by atoms with Crippen molar-refractivity contribution in [2.45, 2.75) is 39.2 Å². The van der Waals surface area contributed by atoms with Crippen LogP contribution in [0.1, 0.15) is 33.6 Å². The Morgan fingerprint density at radius 1 is 1.44 bits per heavy atom. The zero-order valence-corrected chi connectivity index (χ0v) is 10.7. The predicted molar refractivity (Wildman–Crippen MR) is 66.4 cm³/mol. The molecular weight excluding hydrogens is 236 g/mol. The Hall–Kier alpha value is -1.85. The van der Waals surface area contributed by atoms with E-state index in [1.54, 1.807) is 13.8 Å². The molecular formula is C12H18N2O4. The second-order valence-corrected chi connectivity index (χ2v) is 4.71. The first-order valence-corrected chi connectivity index (χ1v) is 5.77. The predicted octanol–water partition coefficient (Wildman–Crippen LogP) is 1.02. The fourth-order valence-electron chi connectivity index (χ4n) is 2.58. The van der Waals surface area contributed by atoms with Crippen molar-refractivity contribution < 1.29 is 19.8 Å². The normalized spacial score (nSPS) is 27.9. The van der Waals surface area contributed by atoms with Gasteiger partial charge in [0.15, 0.2) is 0 Å². The molecule has 0 aromatic heterocycles. The maximum absolute atomic E-state index is 11.4. The summed E-state index contributed by atoms with van der Waals surface area (Å²) in [5.41, 5.74) is 4.87. The van der Waals surface area contributed by atoms with Crippen LogP contribution in [0.15, 0.2) is 16.3 Å². The first-order chi connectivity index (χ1) is 8.24. The van der Waals surface area contributed by atoms with Gasteiger partial charge < -0.3 is 15.9 Å². The molecule has 0 bridgehead atoms. The molecule has 6 heteroatoms. The fraction of sp³-hybridized carbons (Fsp3) is 0.583. The Labute approximate surface area is 105 Å². The first kappa shape index (κ1) is 14.2. The molecule has 100 valence electrons. The Morgan fingerprint density at radius 2 is 2.00 bits per heavy atom. The maximum Gasteiger partial charge on any atom is 0.339 e. The summed E-state index contributed by atoms with van der Waals surface area (Å²) < 4.78 is 0. The number of carboxylic acids is 2. The molecule has 1 heterocycles. The molecule has 1 aliphatic heterocycles. The van der Waals surface area contributed by atoms with Gasteiger partial charge in [-0.25, -0.2) is 4.79 Å². The van der Waals surface area contributed by atoms with Crippen molar-refractivity contribution in [3.63, 3.8) is 0 Å². The molecule has 0 spiro atoms. The van der Waals surface area contributed by atoms with Crippen LogP contribution in [0.5, 0.6) is 0 Å². The van der Waals surface area contributed by atoms with E-state index < -0.39 is 23.4 Å². The third kappa shape index (κ3) is 2.23. The van der Waals surface area contributed by atoms with E-state index in [1.807, 2.05) is 6.92 Å². The molecule has 0 fully saturated rings. The van der Waals surface area contributed by atoms with Gasteiger partial charge in [-0.05, 0) is 20.3 Å². The zero-order chi connectivity index (χ0) is 14.1. The van der Waals surface area contributed by atoms with E-state index in [-0.39, 0.29) is 17.0 Å². The van der Waals surface area contributed by atoms with E-state index in [9.17, 15) is 14.7 Å². The minimum Gasteiger partial charge on any atom is -0.481 e. The average molecular weight is 254 g/mol. The van der Waals surface area contributed by atoms with Gasteiger partial charge in [-0.3, -0.25) is 9.79 Å². The topological polar surface area (TPSA) is 113 Å². The van der Waals surface area contributed by atoms with Crippen molar-refractivity contribution in [3.05, 3.63) is 11.3 Å². The number of nitrogens with two attached hydrogens (primary N) is 1. The summed E-state index contributed by atoms with van der Waals surface area (Å²) in [5.74, 6) is -3.47. The van der Waals surface area contributed by atoms with Crippen LogP contribution in [0, 0.1) is 5.92 Å². The Morgan fingerprint density at radius 3 is 2.39 bits per heavy atom. The Balaban J connectivity index is 3.40. The molecule has 0 aliphatic carbocycles. The minimum atomic E-state index is -1.24. The quantitative estimate of drug-likeness (QED) is 0.693. The lowest BCUT2D eigenvalue weighted by Crippen LogP contribution is -2.46. The molecule has 0 saturated carbocycles. The number of hydrogen-bond acceptors (Lipinski definition) is 4. The van der Waals surface area contributed by atoms with Crippen LogP contribution in [0.2, 0.25) is 0 Å². The van der Waals surface area contributed by atoms with Crippen LogP contribution >= 0.6 is 0 Å². The number of carbonyl (C=O) groups is 2. The fourth-order valence-corrected chi connectivity index (χ4v) is 2.58. The van der Waals surface area contributed by atoms with Gasteiger partial charge in [0.25, 0.3) is 0 Å². The summed E-state index contributed by atoms with van der Waals surface area (Å²) in [6, 6.07) is 0. The molecule has 1 rings (SSSR count). The molecule has 1 aliphatic rings. The largest absolute Gasteiger partial charge is 0.481 e. The molecule has 0 aromatic carbocycles. The highest BCUT2D eigenvalue weighted by atomic mass is 16.4. The smallest absolute Gasteiger partial charge is 0.339 e. The monoisotopic (exact) mass is 254 g/mol. The van der Waals surface area contributed by atoms with E-state index in [4.69, 9.17) is 10.8 Å². The summed E-state index contributed by atoms with van der Waals surface area (Å²) in [7, 11) is 0. The lowest BCUT2D eigenvalue weighted by atomic mass is 9.76. The summed E-state index contributed by atoms with van der Waals surface area (Å²) in [5, 5.41) is 18.3. The summed E-state index contributed by atoms with van der Waals surface area (Å²) in [6.07, 6.45) is 1.28. The average Bonchev–Trinajstić information content (AvgIpc) is 2.13. The van der Waals surface area contributed by atoms with E-state index in [0.29, 0.717) is 6.42 Å². The van der Waals surface area contributed by atoms with E-state index >= 15 is 0 Å². The molecule has 0 radical (unpaired) electrons. The van der Waals surface area contributed by atoms with Crippen LogP contribution in [-0.4, -0.2) is 33.4 Å². The first-order valence-electron chi connectivity index (χ1n) is 5.77. The third-order valence-corrected chi connectivity index (χ3v) is 3.22. The van der Waals surface area contributed by atoms with E-state index in [0.717, 1.165) is 6.42 Å². The number of aliphatic imine (C=N–C) groups is 1. The van der Waals surface area contributed by atoms with Crippen LogP contribution in [0.3, 0.4) is 0 Å². The minimum absolute atomic E-state index is 0.113. The molecule has 1 unspecified atom stereocenters. The van der Waals surface area contributed by atoms with Gasteiger partial charge >= 0.3 is 11.9 Å². The number of aliphatic carboxylic acids is 2. The van der Waals surface area contributed by atoms with Crippen molar-refractivity contribution in [1.82, 2.24) is 0 Å². The lowest BCUT2D eigenvalue weighted by molar-refractivity contribution is -0.142. The van der Waals surface area contributed by atoms with Gasteiger partial charge in [-0.1, -0.05) is 13.3 Å². The van der Waals surface area contributed by atoms with Gasteiger partial charge in [0, 0.05) is 11.4 Å². The highest BCUT2D eigenvalue weighted by Crippen LogP contribution is 2.36. The summed E-state index contributed by atoms with van der Waals surface area (Å²) in [6.45, 7) is 5.16. The SMILES string of the molecule is CCC[C@]1(C)N=C(C)C(C(=O)O)=C(N)C1C(=O)O. The third-order valence-electron chi connectivity index (χ3n) is 3.22. The lowest BCUT2D eigenvalue weighted by Gasteiger charge is -2.36. The highest BCUT2D eigenvalue weighted by molar-refractivity contribution is 6.20. The molecule has 2 atom stereocenters. The van der Waals surface area contributed by atoms with E-state index in [1.165, 1.54) is 0 Å². The Bertz CT molecular complexity index is 453. The molecule has 18 heavy (non-hydrogen) atoms. The van der Waals surface area contributed by atoms with Crippen molar-refractivity contribution in [2.75, 3.05) is 0 Å². The van der Waals surface area contributed by atoms with Crippen molar-refractivity contribution in [3.8, 4) is 0 Å². The number of dihydropyridines is 1. The van der Waals surface area contributed by atoms with Crippen LogP contribution in [-0.2, 0) is 9.59 Å². The van der Waals surface area contributed by atoms with Gasteiger partial charge in [0.2, 0.25) is 0 Å². The van der Waals surface area contributed by atoms with Gasteiger partial charge in [-0.15, -0.1) is 0 Å². The van der Waals surface area contributed by atoms with Crippen LogP contribution in [0.4, 0.5) is 0 Å². The van der Waals surface area contributed by atoms with Gasteiger partial charge in [-0.2, -0.15) is 0 Å². The number of rotatable bonds is 4. The van der Waals surface area contributed by atoms with Crippen molar-refractivity contribution in [2.24, 2.45) is 16.6 Å². The molecule has 4 N–H and O–H groups in total. The van der Waals surface area contributed by atoms with E-state index in [2.05, 4.69) is 4.99 Å². The molecule has 0 saturated heterocycles. The molecule has 0 amide bonds. The number of carboxylic acid groups (broad SMARTS) is 2. The zero-order valence-electron chi connectivity index (χ0n) is 10.7. The summed E-state index contributed by atoms with van der Waals surface area (Å²) >= 11 is 0. The maximum atomic E-state index is 11.4. The van der Waals surface area contributed by atoms with Gasteiger partial charge in [0.1, 0.15) is 5.92 Å². The van der Waals surface area contributed by atoms with Crippen LogP contribution < -0.4 is 5.73 Å².